The molecular formula is C17H21N3O2. The van der Waals surface area contributed by atoms with Gasteiger partial charge in [0.2, 0.25) is 11.8 Å². The van der Waals surface area contributed by atoms with Crippen LogP contribution in [-0.2, 0) is 9.59 Å². The summed E-state index contributed by atoms with van der Waals surface area (Å²) in [6, 6.07) is 14.1. The molecule has 0 heterocycles. The first-order chi connectivity index (χ1) is 10.6. The lowest BCUT2D eigenvalue weighted by atomic mass is 10.00. The molecule has 2 aromatic rings. The molecule has 2 aromatic carbocycles. The highest BCUT2D eigenvalue weighted by molar-refractivity contribution is 5.87. The zero-order valence-corrected chi connectivity index (χ0v) is 12.8. The number of hydrogen-bond acceptors (Lipinski definition) is 3. The molecule has 0 fully saturated rings. The van der Waals surface area contributed by atoms with Gasteiger partial charge in [-0.2, -0.15) is 0 Å². The van der Waals surface area contributed by atoms with Crippen LogP contribution in [0.5, 0.6) is 0 Å². The van der Waals surface area contributed by atoms with Gasteiger partial charge in [-0.15, -0.1) is 0 Å². The molecular weight excluding hydrogens is 278 g/mol. The lowest BCUT2D eigenvalue weighted by molar-refractivity contribution is -0.121. The van der Waals surface area contributed by atoms with Crippen molar-refractivity contribution in [2.75, 3.05) is 20.1 Å². The Labute approximate surface area is 130 Å². The molecule has 3 N–H and O–H groups in total. The second kappa shape index (κ2) is 7.56. The highest BCUT2D eigenvalue weighted by atomic mass is 16.2. The third kappa shape index (κ3) is 4.05. The Morgan fingerprint density at radius 1 is 1.00 bits per heavy atom. The summed E-state index contributed by atoms with van der Waals surface area (Å²) in [6.07, 6.45) is 0. The maximum Gasteiger partial charge on any atom is 0.234 e. The largest absolute Gasteiger partial charge is 0.358 e. The third-order valence-electron chi connectivity index (χ3n) is 3.52. The number of fused-ring (bicyclic) bond motifs is 1. The summed E-state index contributed by atoms with van der Waals surface area (Å²) in [5.74, 6) is -0.278. The average molecular weight is 299 g/mol. The van der Waals surface area contributed by atoms with Crippen molar-refractivity contribution in [2.45, 2.75) is 13.0 Å². The summed E-state index contributed by atoms with van der Waals surface area (Å²) in [6.45, 7) is 2.20. The topological polar surface area (TPSA) is 70.2 Å². The van der Waals surface area contributed by atoms with Crippen LogP contribution in [0.3, 0.4) is 0 Å². The molecule has 1 atom stereocenters. The van der Waals surface area contributed by atoms with Crippen LogP contribution in [0.25, 0.3) is 10.8 Å². The molecule has 0 saturated carbocycles. The van der Waals surface area contributed by atoms with Crippen molar-refractivity contribution >= 4 is 22.6 Å². The van der Waals surface area contributed by atoms with Crippen LogP contribution in [0.1, 0.15) is 18.5 Å². The van der Waals surface area contributed by atoms with Gasteiger partial charge in [0.05, 0.1) is 19.1 Å². The molecule has 0 bridgehead atoms. The molecule has 0 radical (unpaired) electrons. The number of likely N-dealkylation sites (N-methyl/N-ethyl adjacent to an activating group) is 1. The van der Waals surface area contributed by atoms with Crippen molar-refractivity contribution in [3.05, 3.63) is 48.0 Å². The van der Waals surface area contributed by atoms with Crippen LogP contribution in [0, 0.1) is 0 Å². The summed E-state index contributed by atoms with van der Waals surface area (Å²) in [5, 5.41) is 10.5. The molecule has 2 amide bonds. The van der Waals surface area contributed by atoms with Crippen LogP contribution < -0.4 is 16.0 Å². The van der Waals surface area contributed by atoms with E-state index in [4.69, 9.17) is 0 Å². The second-order valence-electron chi connectivity index (χ2n) is 5.13. The zero-order chi connectivity index (χ0) is 15.9. The minimum atomic E-state index is -0.144. The number of hydrogen-bond donors (Lipinski definition) is 3. The Morgan fingerprint density at radius 3 is 2.45 bits per heavy atom. The van der Waals surface area contributed by atoms with E-state index in [0.29, 0.717) is 0 Å². The standard InChI is InChI=1S/C17H21N3O2/c1-12(20-17(22)11-19-10-16(21)18-2)14-9-5-7-13-6-3-4-8-15(13)14/h3-9,12,19H,10-11H2,1-2H3,(H,18,21)(H,20,22)/t12-/m0/s1. The van der Waals surface area contributed by atoms with Gasteiger partial charge in [0.15, 0.2) is 0 Å². The normalized spacial score (nSPS) is 11.9. The number of benzene rings is 2. The molecule has 5 nitrogen and oxygen atoms in total. The SMILES string of the molecule is CNC(=O)CNCC(=O)N[C@@H](C)c1cccc2ccccc12. The van der Waals surface area contributed by atoms with E-state index in [1.807, 2.05) is 31.2 Å². The van der Waals surface area contributed by atoms with E-state index in [1.165, 1.54) is 0 Å². The Kier molecular flexibility index (Phi) is 5.49. The molecule has 0 aliphatic heterocycles. The lowest BCUT2D eigenvalue weighted by Gasteiger charge is -2.17. The monoisotopic (exact) mass is 299 g/mol. The predicted molar refractivity (Wildman–Crippen MR) is 87.4 cm³/mol. The third-order valence-corrected chi connectivity index (χ3v) is 3.52. The van der Waals surface area contributed by atoms with Crippen LogP contribution in [0.4, 0.5) is 0 Å². The van der Waals surface area contributed by atoms with E-state index in [2.05, 4.69) is 34.1 Å². The fraction of sp³-hybridized carbons (Fsp3) is 0.294. The molecule has 0 spiro atoms. The minimum Gasteiger partial charge on any atom is -0.358 e. The second-order valence-corrected chi connectivity index (χ2v) is 5.13. The number of carbonyl (C=O) groups excluding carboxylic acids is 2. The minimum absolute atomic E-state index is 0.0969. The van der Waals surface area contributed by atoms with Crippen LogP contribution in [0.15, 0.2) is 42.5 Å². The highest BCUT2D eigenvalue weighted by Crippen LogP contribution is 2.23. The molecule has 22 heavy (non-hydrogen) atoms. The first-order valence-electron chi connectivity index (χ1n) is 7.30. The van der Waals surface area contributed by atoms with Gasteiger partial charge < -0.3 is 10.6 Å². The van der Waals surface area contributed by atoms with Crippen LogP contribution in [0.2, 0.25) is 0 Å². The molecule has 2 rings (SSSR count). The highest BCUT2D eigenvalue weighted by Gasteiger charge is 2.12. The molecule has 0 aliphatic carbocycles. The van der Waals surface area contributed by atoms with Crippen molar-refractivity contribution in [1.29, 1.82) is 0 Å². The van der Waals surface area contributed by atoms with Crippen LogP contribution in [-0.4, -0.2) is 32.0 Å². The van der Waals surface area contributed by atoms with Gasteiger partial charge in [0.25, 0.3) is 0 Å². The smallest absolute Gasteiger partial charge is 0.234 e. The van der Waals surface area contributed by atoms with Crippen LogP contribution >= 0.6 is 0 Å². The quantitative estimate of drug-likeness (QED) is 0.754. The van der Waals surface area contributed by atoms with Crippen molar-refractivity contribution < 1.29 is 9.59 Å². The van der Waals surface area contributed by atoms with Gasteiger partial charge >= 0.3 is 0 Å². The van der Waals surface area contributed by atoms with E-state index in [-0.39, 0.29) is 30.9 Å². The van der Waals surface area contributed by atoms with E-state index in [1.54, 1.807) is 7.05 Å². The maximum absolute atomic E-state index is 11.9. The van der Waals surface area contributed by atoms with Gasteiger partial charge in [0, 0.05) is 7.05 Å². The first-order valence-corrected chi connectivity index (χ1v) is 7.30. The summed E-state index contributed by atoms with van der Waals surface area (Å²) in [7, 11) is 1.56. The number of rotatable bonds is 6. The zero-order valence-electron chi connectivity index (χ0n) is 12.8. The van der Waals surface area contributed by atoms with E-state index in [9.17, 15) is 9.59 Å². The molecule has 5 heteroatoms. The van der Waals surface area contributed by atoms with E-state index in [0.717, 1.165) is 16.3 Å². The molecule has 0 aromatic heterocycles. The Balaban J connectivity index is 1.97. The summed E-state index contributed by atoms with van der Waals surface area (Å²) in [5.41, 5.74) is 1.08. The fourth-order valence-electron chi connectivity index (χ4n) is 2.38. The summed E-state index contributed by atoms with van der Waals surface area (Å²) >= 11 is 0. The Bertz CT molecular complexity index is 665. The van der Waals surface area contributed by atoms with Gasteiger partial charge in [-0.3, -0.25) is 14.9 Å². The van der Waals surface area contributed by atoms with Gasteiger partial charge in [-0.25, -0.2) is 0 Å². The van der Waals surface area contributed by atoms with Gasteiger partial charge in [0.1, 0.15) is 0 Å². The molecule has 116 valence electrons. The van der Waals surface area contributed by atoms with E-state index >= 15 is 0 Å². The summed E-state index contributed by atoms with van der Waals surface area (Å²) < 4.78 is 0. The van der Waals surface area contributed by atoms with Crippen molar-refractivity contribution in [1.82, 2.24) is 16.0 Å². The average Bonchev–Trinajstić information content (AvgIpc) is 2.54. The molecule has 0 aliphatic rings. The van der Waals surface area contributed by atoms with Gasteiger partial charge in [-0.1, -0.05) is 42.5 Å². The Hall–Kier alpha value is -2.40. The molecule has 0 unspecified atom stereocenters. The van der Waals surface area contributed by atoms with Gasteiger partial charge in [-0.05, 0) is 23.3 Å². The van der Waals surface area contributed by atoms with Crippen molar-refractivity contribution in [3.8, 4) is 0 Å². The number of nitrogens with one attached hydrogen (secondary N) is 3. The first kappa shape index (κ1) is 16.0. The number of amides is 2. The maximum atomic E-state index is 11.9. The van der Waals surface area contributed by atoms with Crippen molar-refractivity contribution in [3.63, 3.8) is 0 Å². The predicted octanol–water partition coefficient (Wildman–Crippen LogP) is 1.35. The summed E-state index contributed by atoms with van der Waals surface area (Å²) in [4.78, 5) is 23.0. The number of carbonyl (C=O) groups is 2. The van der Waals surface area contributed by atoms with E-state index < -0.39 is 0 Å². The Morgan fingerprint density at radius 2 is 1.68 bits per heavy atom. The fourth-order valence-corrected chi connectivity index (χ4v) is 2.38. The van der Waals surface area contributed by atoms with Crippen molar-refractivity contribution in [2.24, 2.45) is 0 Å². The lowest BCUT2D eigenvalue weighted by Crippen LogP contribution is -2.39. The molecule has 0 saturated heterocycles.